The Hall–Kier alpha value is -1.26. The van der Waals surface area contributed by atoms with Crippen molar-refractivity contribution < 1.29 is 124 Å². The van der Waals surface area contributed by atoms with E-state index < -0.39 is 161 Å². The first kappa shape index (κ1) is 62.8. The molecule has 4 aliphatic carbocycles. The van der Waals surface area contributed by atoms with Crippen molar-refractivity contribution in [3.8, 4) is 0 Å². The largest absolute Gasteiger partial charge is 0.394 e. The first-order valence-electron chi connectivity index (χ1n) is 29.6. The summed E-state index contributed by atoms with van der Waals surface area (Å²) in [7, 11) is 0. The zero-order valence-electron chi connectivity index (χ0n) is 46.8. The van der Waals surface area contributed by atoms with Gasteiger partial charge in [-0.05, 0) is 98.2 Å². The average molecular weight is 1170 g/mol. The van der Waals surface area contributed by atoms with Crippen LogP contribution in [0.15, 0.2) is 11.6 Å². The van der Waals surface area contributed by atoms with Crippen molar-refractivity contribution >= 4 is 0 Å². The number of hydrogen-bond acceptors (Lipinski definition) is 25. The number of rotatable bonds is 18. The maximum absolute atomic E-state index is 11.3. The Balaban J connectivity index is 0.784. The van der Waals surface area contributed by atoms with E-state index in [0.29, 0.717) is 35.5 Å². The molecular formula is C56H92O25. The lowest BCUT2D eigenvalue weighted by atomic mass is 9.47. The number of aliphatic hydroxyl groups excluding tert-OH is 14. The highest BCUT2D eigenvalue weighted by Gasteiger charge is 2.69. The van der Waals surface area contributed by atoms with Crippen molar-refractivity contribution in [3.63, 3.8) is 0 Å². The van der Waals surface area contributed by atoms with Gasteiger partial charge in [-0.3, -0.25) is 0 Å². The molecule has 14 N–H and O–H groups in total. The van der Waals surface area contributed by atoms with Crippen LogP contribution in [0.4, 0.5) is 0 Å². The van der Waals surface area contributed by atoms with Crippen LogP contribution in [0.1, 0.15) is 91.9 Å². The number of ether oxygens (including phenoxy) is 11. The Bertz CT molecular complexity index is 2000. The molecule has 6 saturated heterocycles. The minimum absolute atomic E-state index is 0.0374. The molecule has 0 amide bonds. The Morgan fingerprint density at radius 3 is 1.63 bits per heavy atom. The van der Waals surface area contributed by atoms with E-state index in [0.717, 1.165) is 51.6 Å². The molecule has 10 rings (SSSR count). The third-order valence-corrected chi connectivity index (χ3v) is 21.1. The van der Waals surface area contributed by atoms with Crippen LogP contribution in [0, 0.1) is 52.3 Å². The summed E-state index contributed by atoms with van der Waals surface area (Å²) in [6.07, 6.45) is -21.3. The minimum Gasteiger partial charge on any atom is -0.394 e. The lowest BCUT2D eigenvalue weighted by Gasteiger charge is -2.58. The van der Waals surface area contributed by atoms with Crippen molar-refractivity contribution in [2.24, 2.45) is 52.3 Å². The molecule has 0 radical (unpaired) electrons. The molecular weight excluding hydrogens is 1070 g/mol. The molecule has 31 atom stereocenters. The van der Waals surface area contributed by atoms with Crippen LogP contribution in [0.5, 0.6) is 0 Å². The quantitative estimate of drug-likeness (QED) is 0.0609. The second-order valence-corrected chi connectivity index (χ2v) is 25.8. The first-order valence-corrected chi connectivity index (χ1v) is 29.6. The number of allylic oxidation sites excluding steroid dienone is 1. The van der Waals surface area contributed by atoms with Crippen molar-refractivity contribution in [1.82, 2.24) is 0 Å². The molecule has 1 spiro atoms. The standard InChI is InChI=1S/C56H92O25/c1-24-7-13-56(74-21-24)25(2)37-32(81-56)16-31-29-6-5-27-15-28(8-11-54(27,3)30(29)9-12-55(31,37)4)71-14-10-26(22-72-50-46(69)42(65)48(35(19-59)77-50)79-52-44(67)40(63)38(61)33(17-57)75-52)23-73-51-47(70)43(66)49(36(20-60)78-51)80-53-45(68)41(64)39(62)34(18-58)76-53/h5,24-26,28-53,57-70H,6-23H2,1-4H3/t24-,25+,26?,28+,29-,30+,31+,32+,33?,34?,35?,36?,37+,38-,39-,40+,41+,42-,43-,44?,45?,46?,47?,48-,49-,50-,51-,52-,53-,54+,55+,56-/m1/s1. The minimum atomic E-state index is -1.86. The predicted molar refractivity (Wildman–Crippen MR) is 274 cm³/mol. The number of fused-ring (bicyclic) bond motifs is 7. The lowest BCUT2D eigenvalue weighted by molar-refractivity contribution is -0.363. The number of aliphatic hydroxyl groups is 14. The van der Waals surface area contributed by atoms with Gasteiger partial charge in [0.2, 0.25) is 0 Å². The zero-order valence-corrected chi connectivity index (χ0v) is 46.8. The topological polar surface area (TPSA) is 385 Å². The third kappa shape index (κ3) is 11.7. The van der Waals surface area contributed by atoms with Crippen LogP contribution in [0.25, 0.3) is 0 Å². The van der Waals surface area contributed by atoms with E-state index in [1.54, 1.807) is 0 Å². The maximum atomic E-state index is 11.3. The highest BCUT2D eigenvalue weighted by Crippen LogP contribution is 2.70. The maximum Gasteiger partial charge on any atom is 0.187 e. The van der Waals surface area contributed by atoms with Crippen LogP contribution >= 0.6 is 0 Å². The molecule has 0 aromatic heterocycles. The monoisotopic (exact) mass is 1160 g/mol. The van der Waals surface area contributed by atoms with E-state index in [-0.39, 0.29) is 49.3 Å². The first-order chi connectivity index (χ1) is 38.6. The molecule has 0 aromatic carbocycles. The second-order valence-electron chi connectivity index (χ2n) is 25.8. The van der Waals surface area contributed by atoms with Gasteiger partial charge in [0.15, 0.2) is 30.9 Å². The van der Waals surface area contributed by atoms with E-state index in [1.807, 2.05) is 0 Å². The summed E-state index contributed by atoms with van der Waals surface area (Å²) < 4.78 is 66.5. The van der Waals surface area contributed by atoms with Crippen molar-refractivity contribution in [2.75, 3.05) is 52.9 Å². The van der Waals surface area contributed by atoms with Gasteiger partial charge in [-0.1, -0.05) is 39.3 Å². The van der Waals surface area contributed by atoms with Gasteiger partial charge in [-0.25, -0.2) is 0 Å². The van der Waals surface area contributed by atoms with Gasteiger partial charge in [0, 0.05) is 24.9 Å². The van der Waals surface area contributed by atoms with E-state index in [4.69, 9.17) is 52.1 Å². The Labute approximate surface area is 471 Å². The lowest BCUT2D eigenvalue weighted by Crippen LogP contribution is -2.65. The van der Waals surface area contributed by atoms with Gasteiger partial charge in [0.05, 0.1) is 58.5 Å². The summed E-state index contributed by atoms with van der Waals surface area (Å²) in [5, 5.41) is 148. The fraction of sp³-hybridized carbons (Fsp3) is 0.964. The molecule has 8 unspecified atom stereocenters. The van der Waals surface area contributed by atoms with Crippen LogP contribution < -0.4 is 0 Å². The van der Waals surface area contributed by atoms with Crippen LogP contribution in [-0.4, -0.2) is 265 Å². The Kier molecular flexibility index (Phi) is 19.7. The van der Waals surface area contributed by atoms with Crippen molar-refractivity contribution in [3.05, 3.63) is 11.6 Å². The summed E-state index contributed by atoms with van der Waals surface area (Å²) in [5.41, 5.74) is 1.66. The molecule has 466 valence electrons. The molecule has 0 bridgehead atoms. The molecule has 25 nitrogen and oxygen atoms in total. The average Bonchev–Trinajstić information content (AvgIpc) is 3.70. The smallest absolute Gasteiger partial charge is 0.187 e. The normalized spacial score (nSPS) is 53.1. The van der Waals surface area contributed by atoms with Gasteiger partial charge in [-0.15, -0.1) is 0 Å². The van der Waals surface area contributed by atoms with Crippen molar-refractivity contribution in [1.29, 1.82) is 0 Å². The van der Waals surface area contributed by atoms with Gasteiger partial charge in [-0.2, -0.15) is 0 Å². The summed E-state index contributed by atoms with van der Waals surface area (Å²) in [6, 6.07) is 0. The molecule has 6 aliphatic heterocycles. The summed E-state index contributed by atoms with van der Waals surface area (Å²) >= 11 is 0. The highest BCUT2D eigenvalue weighted by molar-refractivity contribution is 5.26. The predicted octanol–water partition coefficient (Wildman–Crippen LogP) is -2.97. The van der Waals surface area contributed by atoms with E-state index in [1.165, 1.54) is 18.4 Å². The second kappa shape index (κ2) is 25.5. The SMILES string of the molecule is C[C@@H]1CC[C@@]2(OC1)O[C@H]1C[C@H]3[C@@H]4CC=C5C[C@@H](OCCC(CO[C@@H]6OC(CO)[C@@H](O[C@H]7OC(CO)[C@@H](O)[C@H](O)C7O)[C@H](O)C6O)CO[C@@H]6OC(CO)[C@@H](O[C@H]7OC(CO)[C@@H](O)[C@H](O)C7O)[C@H](O)C6O)CC[C@]5(C)[C@H]4CC[C@]3(C)[C@H]1[C@@H]2C. The Morgan fingerprint density at radius 1 is 0.580 bits per heavy atom. The molecule has 0 aromatic rings. The summed E-state index contributed by atoms with van der Waals surface area (Å²) in [6.45, 7) is 7.00. The van der Waals surface area contributed by atoms with Gasteiger partial charge in [0.25, 0.3) is 0 Å². The van der Waals surface area contributed by atoms with Gasteiger partial charge < -0.3 is 124 Å². The summed E-state index contributed by atoms with van der Waals surface area (Å²) in [4.78, 5) is 0. The Morgan fingerprint density at radius 2 is 1.11 bits per heavy atom. The molecule has 9 fully saturated rings. The van der Waals surface area contributed by atoms with Gasteiger partial charge >= 0.3 is 0 Å². The molecule has 81 heavy (non-hydrogen) atoms. The third-order valence-electron chi connectivity index (χ3n) is 21.1. The van der Waals surface area contributed by atoms with E-state index in [2.05, 4.69) is 33.8 Å². The molecule has 3 saturated carbocycles. The van der Waals surface area contributed by atoms with Crippen LogP contribution in [-0.2, 0) is 52.1 Å². The fourth-order valence-electron chi connectivity index (χ4n) is 16.3. The number of hydrogen-bond donors (Lipinski definition) is 14. The fourth-order valence-corrected chi connectivity index (χ4v) is 16.3. The zero-order chi connectivity index (χ0) is 58.0. The van der Waals surface area contributed by atoms with E-state index in [9.17, 15) is 71.5 Å². The molecule has 25 heteroatoms. The molecule has 6 heterocycles. The summed E-state index contributed by atoms with van der Waals surface area (Å²) in [5.74, 6) is 1.99. The highest BCUT2D eigenvalue weighted by atomic mass is 16.8. The van der Waals surface area contributed by atoms with Crippen LogP contribution in [0.3, 0.4) is 0 Å². The van der Waals surface area contributed by atoms with Crippen molar-refractivity contribution in [2.45, 2.75) is 233 Å². The van der Waals surface area contributed by atoms with Crippen LogP contribution in [0.2, 0.25) is 0 Å². The molecule has 10 aliphatic rings. The van der Waals surface area contributed by atoms with Gasteiger partial charge in [0.1, 0.15) is 97.7 Å². The van der Waals surface area contributed by atoms with E-state index >= 15 is 0 Å².